The Hall–Kier alpha value is -0.0800. The predicted molar refractivity (Wildman–Crippen MR) is 44.0 cm³/mol. The van der Waals surface area contributed by atoms with Gasteiger partial charge in [-0.25, -0.2) is 0 Å². The predicted octanol–water partition coefficient (Wildman–Crippen LogP) is 0.742. The van der Waals surface area contributed by atoms with E-state index < -0.39 is 0 Å². The second-order valence-corrected chi connectivity index (χ2v) is 4.04. The highest BCUT2D eigenvalue weighted by Crippen LogP contribution is 2.47. The minimum atomic E-state index is 0.308. The molecule has 64 valence electrons. The minimum Gasteiger partial charge on any atom is -0.396 e. The number of hydrogen-bond donors (Lipinski definition) is 2. The van der Waals surface area contributed by atoms with Gasteiger partial charge < -0.3 is 10.8 Å². The molecule has 0 aliphatic heterocycles. The molecule has 2 aliphatic rings. The smallest absolute Gasteiger partial charge is 0.0476 e. The van der Waals surface area contributed by atoms with E-state index in [-0.39, 0.29) is 0 Å². The van der Waals surface area contributed by atoms with E-state index >= 15 is 0 Å². The maximum atomic E-state index is 9.02. The third kappa shape index (κ3) is 1.00. The van der Waals surface area contributed by atoms with Crippen LogP contribution in [0.5, 0.6) is 0 Å². The lowest BCUT2D eigenvalue weighted by Gasteiger charge is -2.52. The van der Waals surface area contributed by atoms with Crippen molar-refractivity contribution >= 4 is 0 Å². The first-order chi connectivity index (χ1) is 5.34. The molecule has 2 aliphatic carbocycles. The Bertz CT molecular complexity index is 142. The lowest BCUT2D eigenvalue weighted by Crippen LogP contribution is -2.58. The van der Waals surface area contributed by atoms with Crippen molar-refractivity contribution in [1.29, 1.82) is 0 Å². The van der Waals surface area contributed by atoms with Gasteiger partial charge in [-0.1, -0.05) is 12.8 Å². The molecule has 0 saturated heterocycles. The van der Waals surface area contributed by atoms with Gasteiger partial charge in [-0.05, 0) is 24.7 Å². The SMILES string of the molecule is N[C@@H]1[C@H]2CCCC[C@H]2[C@H]1CO. The number of aliphatic hydroxyl groups excluding tert-OH is 1. The van der Waals surface area contributed by atoms with Gasteiger partial charge in [0, 0.05) is 18.6 Å². The normalized spacial score (nSPS) is 49.6. The van der Waals surface area contributed by atoms with Crippen molar-refractivity contribution in [2.24, 2.45) is 23.5 Å². The quantitative estimate of drug-likeness (QED) is 0.586. The molecule has 2 fully saturated rings. The zero-order valence-corrected chi connectivity index (χ0v) is 6.87. The molecule has 2 rings (SSSR count). The zero-order valence-electron chi connectivity index (χ0n) is 6.87. The first-order valence-corrected chi connectivity index (χ1v) is 4.71. The number of rotatable bonds is 1. The van der Waals surface area contributed by atoms with Crippen LogP contribution >= 0.6 is 0 Å². The van der Waals surface area contributed by atoms with E-state index in [2.05, 4.69) is 0 Å². The Morgan fingerprint density at radius 3 is 2.45 bits per heavy atom. The minimum absolute atomic E-state index is 0.308. The van der Waals surface area contributed by atoms with Crippen molar-refractivity contribution in [1.82, 2.24) is 0 Å². The van der Waals surface area contributed by atoms with Gasteiger partial charge in [-0.2, -0.15) is 0 Å². The van der Waals surface area contributed by atoms with Gasteiger partial charge in [0.05, 0.1) is 0 Å². The van der Waals surface area contributed by atoms with Crippen molar-refractivity contribution < 1.29 is 5.11 Å². The van der Waals surface area contributed by atoms with Gasteiger partial charge >= 0.3 is 0 Å². The second kappa shape index (κ2) is 2.76. The lowest BCUT2D eigenvalue weighted by atomic mass is 9.56. The summed E-state index contributed by atoms with van der Waals surface area (Å²) in [6.45, 7) is 0.308. The fourth-order valence-electron chi connectivity index (χ4n) is 2.91. The molecule has 0 aromatic carbocycles. The van der Waals surface area contributed by atoms with E-state index in [1.54, 1.807) is 0 Å². The van der Waals surface area contributed by atoms with E-state index in [1.165, 1.54) is 25.7 Å². The summed E-state index contributed by atoms with van der Waals surface area (Å²) in [6.07, 6.45) is 5.32. The van der Waals surface area contributed by atoms with Crippen molar-refractivity contribution in [3.63, 3.8) is 0 Å². The summed E-state index contributed by atoms with van der Waals surface area (Å²) in [5.41, 5.74) is 5.93. The molecule has 11 heavy (non-hydrogen) atoms. The molecule has 2 nitrogen and oxygen atoms in total. The molecule has 0 unspecified atom stereocenters. The zero-order chi connectivity index (χ0) is 7.84. The maximum absolute atomic E-state index is 9.02. The second-order valence-electron chi connectivity index (χ2n) is 4.04. The van der Waals surface area contributed by atoms with Crippen molar-refractivity contribution in [3.05, 3.63) is 0 Å². The Kier molecular flexibility index (Phi) is 1.90. The summed E-state index contributed by atoms with van der Waals surface area (Å²) >= 11 is 0. The Morgan fingerprint density at radius 1 is 1.18 bits per heavy atom. The van der Waals surface area contributed by atoms with Crippen LogP contribution in [0.4, 0.5) is 0 Å². The van der Waals surface area contributed by atoms with Crippen molar-refractivity contribution in [2.75, 3.05) is 6.61 Å². The molecule has 0 amide bonds. The number of fused-ring (bicyclic) bond motifs is 1. The van der Waals surface area contributed by atoms with E-state index in [0.29, 0.717) is 18.6 Å². The third-order valence-corrected chi connectivity index (χ3v) is 3.62. The Balaban J connectivity index is 1.97. The highest BCUT2D eigenvalue weighted by atomic mass is 16.3. The van der Waals surface area contributed by atoms with Crippen LogP contribution in [0.1, 0.15) is 25.7 Å². The lowest BCUT2D eigenvalue weighted by molar-refractivity contribution is -0.0320. The van der Waals surface area contributed by atoms with Crippen LogP contribution in [0.2, 0.25) is 0 Å². The van der Waals surface area contributed by atoms with E-state index in [9.17, 15) is 0 Å². The molecule has 0 aromatic rings. The first kappa shape index (κ1) is 7.56. The number of hydrogen-bond acceptors (Lipinski definition) is 2. The van der Waals surface area contributed by atoms with Gasteiger partial charge in [0.15, 0.2) is 0 Å². The summed E-state index contributed by atoms with van der Waals surface area (Å²) in [6, 6.07) is 0.310. The standard InChI is InChI=1S/C9H17NO/c10-9-7-4-2-1-3-6(7)8(9)5-11/h6-9,11H,1-5,10H2/t6-,7+,8-,9-/m1/s1. The van der Waals surface area contributed by atoms with Gasteiger partial charge in [-0.3, -0.25) is 0 Å². The molecule has 2 saturated carbocycles. The van der Waals surface area contributed by atoms with E-state index in [0.717, 1.165) is 11.8 Å². The average molecular weight is 155 g/mol. The molecule has 2 heteroatoms. The average Bonchev–Trinajstić information content (AvgIpc) is 2.05. The summed E-state index contributed by atoms with van der Waals surface area (Å²) in [7, 11) is 0. The summed E-state index contributed by atoms with van der Waals surface area (Å²) in [4.78, 5) is 0. The highest BCUT2D eigenvalue weighted by molar-refractivity contribution is 5.00. The Morgan fingerprint density at radius 2 is 1.82 bits per heavy atom. The van der Waals surface area contributed by atoms with Crippen LogP contribution < -0.4 is 5.73 Å². The molecule has 0 spiro atoms. The molecular weight excluding hydrogens is 138 g/mol. The van der Waals surface area contributed by atoms with Crippen molar-refractivity contribution in [3.8, 4) is 0 Å². The highest BCUT2D eigenvalue weighted by Gasteiger charge is 2.48. The van der Waals surface area contributed by atoms with Crippen LogP contribution in [0.25, 0.3) is 0 Å². The van der Waals surface area contributed by atoms with Crippen LogP contribution in [0, 0.1) is 17.8 Å². The molecule has 3 N–H and O–H groups in total. The molecule has 0 heterocycles. The molecular formula is C9H17NO. The number of aliphatic hydroxyl groups is 1. The summed E-state index contributed by atoms with van der Waals surface area (Å²) in [5, 5.41) is 9.02. The van der Waals surface area contributed by atoms with Crippen molar-refractivity contribution in [2.45, 2.75) is 31.7 Å². The van der Waals surface area contributed by atoms with Gasteiger partial charge in [0.1, 0.15) is 0 Å². The van der Waals surface area contributed by atoms with Gasteiger partial charge in [-0.15, -0.1) is 0 Å². The molecule has 0 aromatic heterocycles. The monoisotopic (exact) mass is 155 g/mol. The fraction of sp³-hybridized carbons (Fsp3) is 1.00. The molecule has 4 atom stereocenters. The van der Waals surface area contributed by atoms with E-state index in [4.69, 9.17) is 10.8 Å². The van der Waals surface area contributed by atoms with Gasteiger partial charge in [0.25, 0.3) is 0 Å². The summed E-state index contributed by atoms with van der Waals surface area (Å²) < 4.78 is 0. The Labute approximate surface area is 67.8 Å². The topological polar surface area (TPSA) is 46.2 Å². The van der Waals surface area contributed by atoms with Crippen LogP contribution in [-0.4, -0.2) is 17.8 Å². The van der Waals surface area contributed by atoms with Crippen LogP contribution in [0.15, 0.2) is 0 Å². The van der Waals surface area contributed by atoms with Gasteiger partial charge in [0.2, 0.25) is 0 Å². The summed E-state index contributed by atoms with van der Waals surface area (Å²) in [5.74, 6) is 1.95. The number of nitrogens with two attached hydrogens (primary N) is 1. The first-order valence-electron chi connectivity index (χ1n) is 4.71. The van der Waals surface area contributed by atoms with Crippen LogP contribution in [-0.2, 0) is 0 Å². The third-order valence-electron chi connectivity index (χ3n) is 3.62. The fourth-order valence-corrected chi connectivity index (χ4v) is 2.91. The largest absolute Gasteiger partial charge is 0.396 e. The molecule has 0 radical (unpaired) electrons. The maximum Gasteiger partial charge on any atom is 0.0476 e. The van der Waals surface area contributed by atoms with E-state index in [1.807, 2.05) is 0 Å². The molecule has 0 bridgehead atoms. The van der Waals surface area contributed by atoms with Crippen LogP contribution in [0.3, 0.4) is 0 Å².